The van der Waals surface area contributed by atoms with Gasteiger partial charge in [-0.05, 0) is 18.8 Å². The second-order valence-corrected chi connectivity index (χ2v) is 4.04. The van der Waals surface area contributed by atoms with Crippen LogP contribution in [0.1, 0.15) is 47.0 Å². The van der Waals surface area contributed by atoms with Crippen molar-refractivity contribution in [2.24, 2.45) is 5.92 Å². The third kappa shape index (κ3) is 5.73. The summed E-state index contributed by atoms with van der Waals surface area (Å²) in [6, 6.07) is -0.278. The highest BCUT2D eigenvalue weighted by atomic mass is 16.2. The van der Waals surface area contributed by atoms with E-state index in [-0.39, 0.29) is 17.7 Å². The summed E-state index contributed by atoms with van der Waals surface area (Å²) in [7, 11) is 0. The van der Waals surface area contributed by atoms with Crippen molar-refractivity contribution < 1.29 is 9.59 Å². The maximum atomic E-state index is 11.4. The second-order valence-electron chi connectivity index (χ2n) is 4.04. The van der Waals surface area contributed by atoms with Gasteiger partial charge >= 0.3 is 0 Å². The molecular formula is C11H21NO2. The summed E-state index contributed by atoms with van der Waals surface area (Å²) >= 11 is 0. The first-order chi connectivity index (χ1) is 6.47. The smallest absolute Gasteiger partial charge is 0.217 e. The van der Waals surface area contributed by atoms with Gasteiger partial charge < -0.3 is 5.32 Å². The molecule has 1 amide bonds. The predicted molar refractivity (Wildman–Crippen MR) is 57.0 cm³/mol. The SMILES string of the molecule is CCC(=O)C(CCC(C)C)NC(C)=O. The summed E-state index contributed by atoms with van der Waals surface area (Å²) in [5, 5.41) is 2.70. The minimum atomic E-state index is -0.278. The van der Waals surface area contributed by atoms with Gasteiger partial charge in [-0.25, -0.2) is 0 Å². The fourth-order valence-electron chi connectivity index (χ4n) is 1.31. The van der Waals surface area contributed by atoms with Gasteiger partial charge in [-0.3, -0.25) is 9.59 Å². The molecule has 1 atom stereocenters. The molecule has 0 saturated heterocycles. The first-order valence-corrected chi connectivity index (χ1v) is 5.27. The molecule has 3 heteroatoms. The average Bonchev–Trinajstić information content (AvgIpc) is 2.10. The highest BCUT2D eigenvalue weighted by molar-refractivity contribution is 5.88. The van der Waals surface area contributed by atoms with Gasteiger partial charge in [-0.2, -0.15) is 0 Å². The van der Waals surface area contributed by atoms with Crippen LogP contribution in [-0.2, 0) is 9.59 Å². The Morgan fingerprint density at radius 3 is 2.14 bits per heavy atom. The molecule has 0 radical (unpaired) electrons. The highest BCUT2D eigenvalue weighted by Crippen LogP contribution is 2.08. The fraction of sp³-hybridized carbons (Fsp3) is 0.818. The third-order valence-electron chi connectivity index (χ3n) is 2.15. The van der Waals surface area contributed by atoms with Crippen LogP contribution < -0.4 is 5.32 Å². The molecule has 0 aliphatic heterocycles. The van der Waals surface area contributed by atoms with E-state index in [0.29, 0.717) is 12.3 Å². The normalized spacial score (nSPS) is 12.6. The van der Waals surface area contributed by atoms with Crippen LogP contribution in [0.25, 0.3) is 0 Å². The summed E-state index contributed by atoms with van der Waals surface area (Å²) in [6.45, 7) is 7.50. The summed E-state index contributed by atoms with van der Waals surface area (Å²) < 4.78 is 0. The number of nitrogens with one attached hydrogen (secondary N) is 1. The van der Waals surface area contributed by atoms with Crippen molar-refractivity contribution >= 4 is 11.7 Å². The molecule has 0 saturated carbocycles. The molecule has 0 aromatic rings. The Morgan fingerprint density at radius 2 is 1.79 bits per heavy atom. The van der Waals surface area contributed by atoms with Crippen LogP contribution in [0.3, 0.4) is 0 Å². The van der Waals surface area contributed by atoms with Crippen molar-refractivity contribution in [1.82, 2.24) is 5.32 Å². The Hall–Kier alpha value is -0.860. The van der Waals surface area contributed by atoms with Gasteiger partial charge in [-0.1, -0.05) is 20.8 Å². The lowest BCUT2D eigenvalue weighted by atomic mass is 9.99. The Kier molecular flexibility index (Phi) is 6.17. The van der Waals surface area contributed by atoms with Crippen molar-refractivity contribution in [3.05, 3.63) is 0 Å². The Morgan fingerprint density at radius 1 is 1.21 bits per heavy atom. The van der Waals surface area contributed by atoms with Crippen LogP contribution in [0.5, 0.6) is 0 Å². The Balaban J connectivity index is 4.10. The van der Waals surface area contributed by atoms with Gasteiger partial charge in [0.25, 0.3) is 0 Å². The molecule has 82 valence electrons. The Labute approximate surface area is 86.3 Å². The van der Waals surface area contributed by atoms with E-state index in [1.165, 1.54) is 6.92 Å². The molecule has 0 spiro atoms. The first-order valence-electron chi connectivity index (χ1n) is 5.27. The molecule has 0 aromatic carbocycles. The molecule has 0 rings (SSSR count). The molecule has 0 bridgehead atoms. The van der Waals surface area contributed by atoms with Crippen molar-refractivity contribution in [2.75, 3.05) is 0 Å². The fourth-order valence-corrected chi connectivity index (χ4v) is 1.31. The average molecular weight is 199 g/mol. The number of Topliss-reactive ketones (excluding diaryl/α,β-unsaturated/α-hetero) is 1. The third-order valence-corrected chi connectivity index (χ3v) is 2.15. The summed E-state index contributed by atoms with van der Waals surface area (Å²) in [4.78, 5) is 22.3. The van der Waals surface area contributed by atoms with Crippen LogP contribution in [0.4, 0.5) is 0 Å². The van der Waals surface area contributed by atoms with Gasteiger partial charge in [0.05, 0.1) is 6.04 Å². The van der Waals surface area contributed by atoms with Gasteiger partial charge in [-0.15, -0.1) is 0 Å². The number of hydrogen-bond donors (Lipinski definition) is 1. The zero-order valence-electron chi connectivity index (χ0n) is 9.59. The predicted octanol–water partition coefficient (Wildman–Crippen LogP) is 1.91. The topological polar surface area (TPSA) is 46.2 Å². The van der Waals surface area contributed by atoms with Crippen molar-refractivity contribution in [2.45, 2.75) is 53.0 Å². The van der Waals surface area contributed by atoms with Crippen molar-refractivity contribution in [3.8, 4) is 0 Å². The first kappa shape index (κ1) is 13.1. The highest BCUT2D eigenvalue weighted by Gasteiger charge is 2.17. The van der Waals surface area contributed by atoms with Crippen LogP contribution in [0.15, 0.2) is 0 Å². The van der Waals surface area contributed by atoms with Crippen LogP contribution in [0, 0.1) is 5.92 Å². The number of hydrogen-bond acceptors (Lipinski definition) is 2. The number of ketones is 1. The molecular weight excluding hydrogens is 178 g/mol. The summed E-state index contributed by atoms with van der Waals surface area (Å²) in [5.41, 5.74) is 0. The molecule has 1 unspecified atom stereocenters. The summed E-state index contributed by atoms with van der Waals surface area (Å²) in [6.07, 6.45) is 2.21. The lowest BCUT2D eigenvalue weighted by Gasteiger charge is -2.16. The number of rotatable bonds is 6. The second kappa shape index (κ2) is 6.57. The maximum absolute atomic E-state index is 11.4. The summed E-state index contributed by atoms with van der Waals surface area (Å²) in [5.74, 6) is 0.567. The number of amides is 1. The monoisotopic (exact) mass is 199 g/mol. The van der Waals surface area contributed by atoms with E-state index in [1.54, 1.807) is 0 Å². The molecule has 0 aliphatic rings. The molecule has 0 aliphatic carbocycles. The zero-order valence-corrected chi connectivity index (χ0v) is 9.59. The molecule has 1 N–H and O–H groups in total. The standard InChI is InChI=1S/C11H21NO2/c1-5-11(14)10(12-9(4)13)7-6-8(2)3/h8,10H,5-7H2,1-4H3,(H,12,13). The van der Waals surface area contributed by atoms with E-state index in [0.717, 1.165) is 12.8 Å². The lowest BCUT2D eigenvalue weighted by molar-refractivity contribution is -0.126. The molecule has 14 heavy (non-hydrogen) atoms. The molecule has 3 nitrogen and oxygen atoms in total. The van der Waals surface area contributed by atoms with E-state index in [9.17, 15) is 9.59 Å². The van der Waals surface area contributed by atoms with E-state index in [2.05, 4.69) is 19.2 Å². The van der Waals surface area contributed by atoms with Crippen LogP contribution >= 0.6 is 0 Å². The molecule has 0 heterocycles. The quantitative estimate of drug-likeness (QED) is 0.710. The van der Waals surface area contributed by atoms with Crippen LogP contribution in [0.2, 0.25) is 0 Å². The molecule has 0 aromatic heterocycles. The number of carbonyl (C=O) groups excluding carboxylic acids is 2. The van der Waals surface area contributed by atoms with Gasteiger partial charge in [0.15, 0.2) is 5.78 Å². The maximum Gasteiger partial charge on any atom is 0.217 e. The minimum absolute atomic E-state index is 0.124. The van der Waals surface area contributed by atoms with E-state index in [4.69, 9.17) is 0 Å². The largest absolute Gasteiger partial charge is 0.347 e. The van der Waals surface area contributed by atoms with E-state index >= 15 is 0 Å². The van der Waals surface area contributed by atoms with Crippen LogP contribution in [-0.4, -0.2) is 17.7 Å². The van der Waals surface area contributed by atoms with Gasteiger partial charge in [0.1, 0.15) is 0 Å². The zero-order chi connectivity index (χ0) is 11.1. The Bertz CT molecular complexity index is 199. The van der Waals surface area contributed by atoms with Gasteiger partial charge in [0, 0.05) is 13.3 Å². The van der Waals surface area contributed by atoms with E-state index in [1.807, 2.05) is 6.92 Å². The van der Waals surface area contributed by atoms with Crippen molar-refractivity contribution in [1.29, 1.82) is 0 Å². The van der Waals surface area contributed by atoms with Crippen molar-refractivity contribution in [3.63, 3.8) is 0 Å². The van der Waals surface area contributed by atoms with E-state index < -0.39 is 0 Å². The lowest BCUT2D eigenvalue weighted by Crippen LogP contribution is -2.39. The number of carbonyl (C=O) groups is 2. The minimum Gasteiger partial charge on any atom is -0.347 e. The van der Waals surface area contributed by atoms with Gasteiger partial charge in [0.2, 0.25) is 5.91 Å². The molecule has 0 fully saturated rings.